The van der Waals surface area contributed by atoms with E-state index in [2.05, 4.69) is 55.4 Å². The predicted molar refractivity (Wildman–Crippen MR) is 89.2 cm³/mol. The molecule has 116 valence electrons. The Kier molecular flexibility index (Phi) is 4.04. The minimum atomic E-state index is -0.688. The van der Waals surface area contributed by atoms with Gasteiger partial charge in [-0.1, -0.05) is 68.2 Å². The van der Waals surface area contributed by atoms with Crippen LogP contribution < -0.4 is 0 Å². The molecule has 2 aliphatic rings. The maximum atomic E-state index is 13.1. The van der Waals surface area contributed by atoms with Crippen LogP contribution in [0.1, 0.15) is 68.2 Å². The molecule has 0 spiro atoms. The van der Waals surface area contributed by atoms with Gasteiger partial charge < -0.3 is 0 Å². The molecular weight excluding hydrogens is 264 g/mol. The first kappa shape index (κ1) is 16.3. The van der Waals surface area contributed by atoms with Crippen molar-refractivity contribution in [3.63, 3.8) is 0 Å². The largest absolute Gasteiger partial charge is 0.258 e. The Labute approximate surface area is 128 Å². The molecule has 0 aromatic carbocycles. The molecular formula is C18H32OS. The van der Waals surface area contributed by atoms with E-state index in [9.17, 15) is 4.21 Å². The Morgan fingerprint density at radius 2 is 1.10 bits per heavy atom. The van der Waals surface area contributed by atoms with E-state index in [-0.39, 0.29) is 10.8 Å². The van der Waals surface area contributed by atoms with Gasteiger partial charge in [-0.05, 0) is 33.8 Å². The van der Waals surface area contributed by atoms with Crippen LogP contribution in [0.2, 0.25) is 0 Å². The van der Waals surface area contributed by atoms with E-state index in [1.807, 2.05) is 0 Å². The van der Waals surface area contributed by atoms with Gasteiger partial charge in [0.15, 0.2) is 0 Å². The standard InChI is InChI=1S/C18H32OS/c1-9-11-12(10-2)16-14(18(6,7)8)13(17(3,4)5)15(11)20(16)19/h11-12,15-16H,9-10H2,1-8H3/t11-,12+,15-,16+,20?. The van der Waals surface area contributed by atoms with Crippen molar-refractivity contribution in [3.8, 4) is 0 Å². The summed E-state index contributed by atoms with van der Waals surface area (Å²) in [7, 11) is -0.688. The highest BCUT2D eigenvalue weighted by atomic mass is 32.2. The minimum absolute atomic E-state index is 0.143. The Morgan fingerprint density at radius 1 is 0.800 bits per heavy atom. The SMILES string of the molecule is CC[C@@H]1[C@H](CC)[C@H]2C(C(C)(C)C)=C(C(C)(C)C)[C@@H]1S2=O. The first-order valence-corrected chi connectivity index (χ1v) is 9.47. The van der Waals surface area contributed by atoms with Crippen LogP contribution in [0.5, 0.6) is 0 Å². The van der Waals surface area contributed by atoms with Gasteiger partial charge in [-0.25, -0.2) is 0 Å². The third-order valence-electron chi connectivity index (χ3n) is 5.25. The summed E-state index contributed by atoms with van der Waals surface area (Å²) in [5.74, 6) is 1.26. The van der Waals surface area contributed by atoms with E-state index in [0.717, 1.165) is 0 Å². The van der Waals surface area contributed by atoms with Crippen LogP contribution in [0.4, 0.5) is 0 Å². The fourth-order valence-electron chi connectivity index (χ4n) is 4.61. The maximum absolute atomic E-state index is 13.1. The Morgan fingerprint density at radius 3 is 1.30 bits per heavy atom. The summed E-state index contributed by atoms with van der Waals surface area (Å²) in [4.78, 5) is 0. The third-order valence-corrected chi connectivity index (χ3v) is 7.42. The Hall–Kier alpha value is -0.110. The van der Waals surface area contributed by atoms with Crippen molar-refractivity contribution >= 4 is 10.8 Å². The van der Waals surface area contributed by atoms with E-state index in [0.29, 0.717) is 22.3 Å². The topological polar surface area (TPSA) is 17.1 Å². The van der Waals surface area contributed by atoms with Gasteiger partial charge in [0.2, 0.25) is 0 Å². The van der Waals surface area contributed by atoms with Crippen LogP contribution in [-0.2, 0) is 10.8 Å². The van der Waals surface area contributed by atoms with Crippen molar-refractivity contribution in [2.45, 2.75) is 78.7 Å². The van der Waals surface area contributed by atoms with Crippen LogP contribution in [0, 0.1) is 22.7 Å². The molecule has 0 aliphatic carbocycles. The fraction of sp³-hybridized carbons (Fsp3) is 0.889. The number of fused-ring (bicyclic) bond motifs is 2. The number of hydrogen-bond donors (Lipinski definition) is 0. The molecule has 2 heteroatoms. The van der Waals surface area contributed by atoms with Crippen LogP contribution in [-0.4, -0.2) is 14.7 Å². The van der Waals surface area contributed by atoms with E-state index in [1.165, 1.54) is 24.0 Å². The summed E-state index contributed by atoms with van der Waals surface area (Å²) in [5, 5.41) is 0.647. The lowest BCUT2D eigenvalue weighted by Gasteiger charge is -2.41. The van der Waals surface area contributed by atoms with Gasteiger partial charge in [-0.15, -0.1) is 0 Å². The molecule has 0 aromatic rings. The molecule has 2 bridgehead atoms. The van der Waals surface area contributed by atoms with Crippen molar-refractivity contribution in [2.24, 2.45) is 22.7 Å². The molecule has 1 nitrogen and oxygen atoms in total. The number of hydrogen-bond acceptors (Lipinski definition) is 1. The summed E-state index contributed by atoms with van der Waals surface area (Å²) in [5.41, 5.74) is 3.35. The van der Waals surface area contributed by atoms with Gasteiger partial charge in [-0.3, -0.25) is 4.21 Å². The van der Waals surface area contributed by atoms with Crippen molar-refractivity contribution in [3.05, 3.63) is 11.1 Å². The molecule has 0 amide bonds. The lowest BCUT2D eigenvalue weighted by atomic mass is 9.62. The molecule has 1 fully saturated rings. The highest BCUT2D eigenvalue weighted by Gasteiger charge is 2.59. The van der Waals surface area contributed by atoms with Gasteiger partial charge in [0.1, 0.15) is 0 Å². The molecule has 20 heavy (non-hydrogen) atoms. The van der Waals surface area contributed by atoms with Crippen LogP contribution in [0.15, 0.2) is 11.1 Å². The fourth-order valence-corrected chi connectivity index (χ4v) is 7.83. The van der Waals surface area contributed by atoms with Crippen molar-refractivity contribution in [1.29, 1.82) is 0 Å². The molecule has 0 aromatic heterocycles. The molecule has 2 heterocycles. The second-order valence-electron chi connectivity index (χ2n) is 8.64. The monoisotopic (exact) mass is 296 g/mol. The normalized spacial score (nSPS) is 37.9. The smallest absolute Gasteiger partial charge is 0.0602 e. The summed E-state index contributed by atoms with van der Waals surface area (Å²) >= 11 is 0. The highest BCUT2D eigenvalue weighted by molar-refractivity contribution is 7.87. The third kappa shape index (κ3) is 2.23. The Balaban J connectivity index is 2.65. The van der Waals surface area contributed by atoms with Crippen molar-refractivity contribution < 1.29 is 4.21 Å². The van der Waals surface area contributed by atoms with E-state index in [4.69, 9.17) is 0 Å². The average Bonchev–Trinajstić information content (AvgIpc) is 2.74. The van der Waals surface area contributed by atoms with Crippen molar-refractivity contribution in [1.82, 2.24) is 0 Å². The average molecular weight is 297 g/mol. The molecule has 0 N–H and O–H groups in total. The van der Waals surface area contributed by atoms with Gasteiger partial charge in [-0.2, -0.15) is 0 Å². The minimum Gasteiger partial charge on any atom is -0.258 e. The molecule has 2 aliphatic heterocycles. The highest BCUT2D eigenvalue weighted by Crippen LogP contribution is 2.59. The first-order chi connectivity index (χ1) is 9.05. The number of rotatable bonds is 2. The van der Waals surface area contributed by atoms with Crippen LogP contribution in [0.25, 0.3) is 0 Å². The van der Waals surface area contributed by atoms with Crippen molar-refractivity contribution in [2.75, 3.05) is 0 Å². The van der Waals surface area contributed by atoms with Gasteiger partial charge in [0, 0.05) is 10.8 Å². The predicted octanol–water partition coefficient (Wildman–Crippen LogP) is 4.94. The zero-order valence-corrected chi connectivity index (χ0v) is 15.4. The van der Waals surface area contributed by atoms with E-state index >= 15 is 0 Å². The van der Waals surface area contributed by atoms with Gasteiger partial charge in [0.25, 0.3) is 0 Å². The quantitative estimate of drug-likeness (QED) is 0.660. The lowest BCUT2D eigenvalue weighted by molar-refractivity contribution is 0.277. The summed E-state index contributed by atoms with van der Waals surface area (Å²) < 4.78 is 13.1. The molecule has 0 radical (unpaired) electrons. The summed E-state index contributed by atoms with van der Waals surface area (Å²) in [6, 6.07) is 0. The molecule has 1 saturated heterocycles. The lowest BCUT2D eigenvalue weighted by Crippen LogP contribution is -2.36. The van der Waals surface area contributed by atoms with Crippen LogP contribution in [0.3, 0.4) is 0 Å². The molecule has 0 saturated carbocycles. The summed E-state index contributed by atoms with van der Waals surface area (Å²) in [6.07, 6.45) is 2.34. The summed E-state index contributed by atoms with van der Waals surface area (Å²) in [6.45, 7) is 18.4. The van der Waals surface area contributed by atoms with Gasteiger partial charge >= 0.3 is 0 Å². The van der Waals surface area contributed by atoms with Crippen LogP contribution >= 0.6 is 0 Å². The first-order valence-electron chi connectivity index (χ1n) is 8.20. The zero-order chi connectivity index (χ0) is 15.5. The second-order valence-corrected chi connectivity index (χ2v) is 10.3. The van der Waals surface area contributed by atoms with Gasteiger partial charge in [0.05, 0.1) is 10.5 Å². The maximum Gasteiger partial charge on any atom is 0.0602 e. The Bertz CT molecular complexity index is 407. The van der Waals surface area contributed by atoms with E-state index in [1.54, 1.807) is 0 Å². The zero-order valence-electron chi connectivity index (χ0n) is 14.5. The molecule has 2 rings (SSSR count). The molecule has 1 unspecified atom stereocenters. The molecule has 5 atom stereocenters. The van der Waals surface area contributed by atoms with E-state index < -0.39 is 10.8 Å². The second kappa shape index (κ2) is 4.97.